The van der Waals surface area contributed by atoms with Crippen LogP contribution in [0.4, 0.5) is 4.39 Å². The minimum atomic E-state index is -0.897. The lowest BCUT2D eigenvalue weighted by atomic mass is 10.1. The molecular formula is C20H17FN2O5. The molecule has 1 aliphatic rings. The maximum atomic E-state index is 13.7. The molecule has 7 nitrogen and oxygen atoms in total. The number of aryl methyl sites for hydroxylation is 1. The van der Waals surface area contributed by atoms with E-state index in [9.17, 15) is 9.18 Å². The lowest BCUT2D eigenvalue weighted by Crippen LogP contribution is -2.38. The van der Waals surface area contributed by atoms with Gasteiger partial charge in [-0.05, 0) is 37.6 Å². The zero-order valence-corrected chi connectivity index (χ0v) is 15.2. The number of rotatable bonds is 4. The maximum Gasteiger partial charge on any atom is 0.351 e. The Morgan fingerprint density at radius 3 is 2.82 bits per heavy atom. The second-order valence-electron chi connectivity index (χ2n) is 6.36. The standard InChI is InChI=1S/C20H17FN2O5/c1-11-7-8-13(9-14(11)21)18-22-19(28-23-18)12(2)26-20(24)17-10-25-15-5-3-4-6-16(15)27-17/h3-9,12,17H,10H2,1-2H3. The quantitative estimate of drug-likeness (QED) is 0.635. The van der Waals surface area contributed by atoms with Gasteiger partial charge in [0, 0.05) is 5.56 Å². The molecule has 0 N–H and O–H groups in total. The molecule has 8 heteroatoms. The van der Waals surface area contributed by atoms with Crippen molar-refractivity contribution in [3.05, 3.63) is 59.7 Å². The van der Waals surface area contributed by atoms with Gasteiger partial charge >= 0.3 is 5.97 Å². The fourth-order valence-corrected chi connectivity index (χ4v) is 2.69. The fraction of sp³-hybridized carbons (Fsp3) is 0.250. The van der Waals surface area contributed by atoms with Crippen LogP contribution < -0.4 is 9.47 Å². The predicted molar refractivity (Wildman–Crippen MR) is 95.3 cm³/mol. The van der Waals surface area contributed by atoms with Gasteiger partial charge in [-0.15, -0.1) is 0 Å². The summed E-state index contributed by atoms with van der Waals surface area (Å²) in [4.78, 5) is 16.6. The van der Waals surface area contributed by atoms with Crippen molar-refractivity contribution in [1.82, 2.24) is 10.1 Å². The molecule has 0 amide bonds. The first-order valence-corrected chi connectivity index (χ1v) is 8.70. The van der Waals surface area contributed by atoms with E-state index in [0.29, 0.717) is 22.6 Å². The van der Waals surface area contributed by atoms with Crippen molar-refractivity contribution < 1.29 is 27.9 Å². The highest BCUT2D eigenvalue weighted by Gasteiger charge is 2.31. The van der Waals surface area contributed by atoms with E-state index in [-0.39, 0.29) is 24.1 Å². The van der Waals surface area contributed by atoms with E-state index in [2.05, 4.69) is 10.1 Å². The van der Waals surface area contributed by atoms with E-state index in [4.69, 9.17) is 18.7 Å². The molecule has 4 rings (SSSR count). The third kappa shape index (κ3) is 3.53. The summed E-state index contributed by atoms with van der Waals surface area (Å²) in [6, 6.07) is 11.7. The highest BCUT2D eigenvalue weighted by atomic mass is 19.1. The van der Waals surface area contributed by atoms with Crippen LogP contribution in [0.5, 0.6) is 11.5 Å². The highest BCUT2D eigenvalue weighted by molar-refractivity contribution is 5.76. The van der Waals surface area contributed by atoms with E-state index in [1.165, 1.54) is 6.07 Å². The number of benzene rings is 2. The van der Waals surface area contributed by atoms with Crippen molar-refractivity contribution in [2.45, 2.75) is 26.1 Å². The van der Waals surface area contributed by atoms with Gasteiger partial charge in [0.15, 0.2) is 17.6 Å². The topological polar surface area (TPSA) is 83.7 Å². The minimum Gasteiger partial charge on any atom is -0.485 e. The van der Waals surface area contributed by atoms with Gasteiger partial charge in [-0.3, -0.25) is 0 Å². The molecule has 0 bridgehead atoms. The van der Waals surface area contributed by atoms with E-state index >= 15 is 0 Å². The summed E-state index contributed by atoms with van der Waals surface area (Å²) in [7, 11) is 0. The monoisotopic (exact) mass is 384 g/mol. The predicted octanol–water partition coefficient (Wildman–Crippen LogP) is 3.63. The largest absolute Gasteiger partial charge is 0.485 e. The van der Waals surface area contributed by atoms with Crippen LogP contribution in [0.1, 0.15) is 24.5 Å². The van der Waals surface area contributed by atoms with Crippen LogP contribution >= 0.6 is 0 Å². The third-order valence-electron chi connectivity index (χ3n) is 4.28. The number of esters is 1. The SMILES string of the molecule is Cc1ccc(-c2noc(C(C)OC(=O)C3COc4ccccc4O3)n2)cc1F. The molecule has 0 radical (unpaired) electrons. The molecule has 2 heterocycles. The Morgan fingerprint density at radius 2 is 2.04 bits per heavy atom. The number of hydrogen-bond donors (Lipinski definition) is 0. The Morgan fingerprint density at radius 1 is 1.25 bits per heavy atom. The lowest BCUT2D eigenvalue weighted by molar-refractivity contribution is -0.160. The van der Waals surface area contributed by atoms with Crippen molar-refractivity contribution >= 4 is 5.97 Å². The van der Waals surface area contributed by atoms with Crippen LogP contribution in [0.3, 0.4) is 0 Å². The zero-order chi connectivity index (χ0) is 19.7. The first kappa shape index (κ1) is 18.0. The van der Waals surface area contributed by atoms with Crippen molar-refractivity contribution in [3.63, 3.8) is 0 Å². The molecule has 0 saturated heterocycles. The lowest BCUT2D eigenvalue weighted by Gasteiger charge is -2.25. The van der Waals surface area contributed by atoms with Crippen LogP contribution in [0.15, 0.2) is 47.0 Å². The first-order chi connectivity index (χ1) is 13.5. The Balaban J connectivity index is 1.43. The second kappa shape index (κ2) is 7.30. The molecule has 2 aromatic carbocycles. The summed E-state index contributed by atoms with van der Waals surface area (Å²) in [5, 5.41) is 3.83. The summed E-state index contributed by atoms with van der Waals surface area (Å²) in [5.41, 5.74) is 0.989. The molecule has 2 atom stereocenters. The summed E-state index contributed by atoms with van der Waals surface area (Å²) < 4.78 is 35.4. The molecule has 28 heavy (non-hydrogen) atoms. The van der Waals surface area contributed by atoms with E-state index < -0.39 is 18.2 Å². The van der Waals surface area contributed by atoms with Gasteiger partial charge in [0.1, 0.15) is 12.4 Å². The van der Waals surface area contributed by atoms with Crippen molar-refractivity contribution in [2.24, 2.45) is 0 Å². The number of fused-ring (bicyclic) bond motifs is 1. The van der Waals surface area contributed by atoms with Crippen LogP contribution in [0, 0.1) is 12.7 Å². The van der Waals surface area contributed by atoms with E-state index in [1.807, 2.05) is 6.07 Å². The molecule has 0 saturated carbocycles. The molecule has 3 aromatic rings. The van der Waals surface area contributed by atoms with Crippen LogP contribution in [-0.4, -0.2) is 28.8 Å². The second-order valence-corrected chi connectivity index (χ2v) is 6.36. The van der Waals surface area contributed by atoms with Gasteiger partial charge in [-0.2, -0.15) is 4.98 Å². The van der Waals surface area contributed by atoms with Gasteiger partial charge in [0.2, 0.25) is 11.9 Å². The summed E-state index contributed by atoms with van der Waals surface area (Å²) >= 11 is 0. The average molecular weight is 384 g/mol. The molecule has 0 aliphatic carbocycles. The molecule has 144 valence electrons. The van der Waals surface area contributed by atoms with Gasteiger partial charge in [0.25, 0.3) is 5.89 Å². The number of carbonyl (C=O) groups excluding carboxylic acids is 1. The van der Waals surface area contributed by atoms with Crippen LogP contribution in [-0.2, 0) is 9.53 Å². The van der Waals surface area contributed by atoms with Crippen LogP contribution in [0.25, 0.3) is 11.4 Å². The van der Waals surface area contributed by atoms with Crippen LogP contribution in [0.2, 0.25) is 0 Å². The van der Waals surface area contributed by atoms with Gasteiger partial charge in [-0.25, -0.2) is 9.18 Å². The Bertz CT molecular complexity index is 1020. The van der Waals surface area contributed by atoms with Gasteiger partial charge < -0.3 is 18.7 Å². The number of ether oxygens (including phenoxy) is 3. The summed E-state index contributed by atoms with van der Waals surface area (Å²) in [6.07, 6.45) is -1.70. The average Bonchev–Trinajstić information content (AvgIpc) is 3.20. The van der Waals surface area contributed by atoms with Crippen molar-refractivity contribution in [2.75, 3.05) is 6.61 Å². The smallest absolute Gasteiger partial charge is 0.351 e. The molecule has 1 aliphatic heterocycles. The Kier molecular flexibility index (Phi) is 4.68. The molecule has 2 unspecified atom stereocenters. The number of hydrogen-bond acceptors (Lipinski definition) is 7. The van der Waals surface area contributed by atoms with E-state index in [1.54, 1.807) is 44.2 Å². The maximum absolute atomic E-state index is 13.7. The van der Waals surface area contributed by atoms with Crippen molar-refractivity contribution in [1.29, 1.82) is 0 Å². The number of aromatic nitrogens is 2. The molecule has 1 aromatic heterocycles. The van der Waals surface area contributed by atoms with Gasteiger partial charge in [-0.1, -0.05) is 29.4 Å². The number of halogens is 1. The van der Waals surface area contributed by atoms with Gasteiger partial charge in [0.05, 0.1) is 0 Å². The van der Waals surface area contributed by atoms with E-state index in [0.717, 1.165) is 0 Å². The fourth-order valence-electron chi connectivity index (χ4n) is 2.69. The summed E-state index contributed by atoms with van der Waals surface area (Å²) in [6.45, 7) is 3.31. The molecule has 0 spiro atoms. The number of carbonyl (C=O) groups is 1. The zero-order valence-electron chi connectivity index (χ0n) is 15.2. The first-order valence-electron chi connectivity index (χ1n) is 8.70. The third-order valence-corrected chi connectivity index (χ3v) is 4.28. The van der Waals surface area contributed by atoms with Crippen molar-refractivity contribution in [3.8, 4) is 22.9 Å². The highest BCUT2D eigenvalue weighted by Crippen LogP contribution is 2.31. The normalized spacial score (nSPS) is 16.5. The molecule has 0 fully saturated rings. The number of nitrogens with zero attached hydrogens (tertiary/aromatic N) is 2. The molecular weight excluding hydrogens is 367 g/mol. The minimum absolute atomic E-state index is 0.0420. The Hall–Kier alpha value is -3.42. The Labute approximate surface area is 160 Å². The summed E-state index contributed by atoms with van der Waals surface area (Å²) in [5.74, 6) is 0.391. The number of para-hydroxylation sites is 2.